The van der Waals surface area contributed by atoms with E-state index in [0.717, 1.165) is 23.8 Å². The van der Waals surface area contributed by atoms with Crippen LogP contribution in [0.5, 0.6) is 5.06 Å². The van der Waals surface area contributed by atoms with Crippen molar-refractivity contribution in [2.45, 2.75) is 6.42 Å². The summed E-state index contributed by atoms with van der Waals surface area (Å²) >= 11 is 1.19. The third kappa shape index (κ3) is 0.928. The normalized spacial score (nSPS) is 23.9. The molecule has 4 nitrogen and oxygen atoms in total. The first-order valence-electron chi connectivity index (χ1n) is 4.44. The second-order valence-electron chi connectivity index (χ2n) is 3.42. The van der Waals surface area contributed by atoms with Crippen LogP contribution in [0.15, 0.2) is 11.1 Å². The summed E-state index contributed by atoms with van der Waals surface area (Å²) in [5, 5.41) is 13.3. The van der Waals surface area contributed by atoms with Crippen LogP contribution in [0.3, 0.4) is 0 Å². The highest BCUT2D eigenvalue weighted by atomic mass is 32.1. The third-order valence-electron chi connectivity index (χ3n) is 2.57. The third-order valence-corrected chi connectivity index (χ3v) is 3.43. The molecule has 3 heterocycles. The molecule has 0 spiro atoms. The van der Waals surface area contributed by atoms with Gasteiger partial charge in [0, 0.05) is 12.6 Å². The van der Waals surface area contributed by atoms with Crippen molar-refractivity contribution in [2.75, 3.05) is 11.9 Å². The number of hydrogen-bond acceptors (Lipinski definition) is 5. The highest BCUT2D eigenvalue weighted by Gasteiger charge is 2.36. The van der Waals surface area contributed by atoms with E-state index < -0.39 is 0 Å². The largest absolute Gasteiger partial charge is 0.499 e. The molecule has 0 saturated heterocycles. The average Bonchev–Trinajstić information content (AvgIpc) is 2.71. The molecule has 0 aromatic carbocycles. The Morgan fingerprint density at radius 3 is 3.36 bits per heavy atom. The van der Waals surface area contributed by atoms with E-state index in [1.165, 1.54) is 17.4 Å². The highest BCUT2D eigenvalue weighted by Crippen LogP contribution is 2.39. The van der Waals surface area contributed by atoms with Crippen molar-refractivity contribution in [3.8, 4) is 5.06 Å². The molecule has 0 aliphatic carbocycles. The molecule has 0 saturated carbocycles. The van der Waals surface area contributed by atoms with Crippen LogP contribution in [0, 0.1) is 5.92 Å². The second kappa shape index (κ2) is 2.57. The monoisotopic (exact) mass is 208 g/mol. The summed E-state index contributed by atoms with van der Waals surface area (Å²) in [6.07, 6.45) is 0.789. The molecule has 72 valence electrons. The van der Waals surface area contributed by atoms with Crippen LogP contribution in [0.2, 0.25) is 0 Å². The SMILES string of the molecule is O=C1c2cc(O)sc2NC2=NCCC12. The number of ketones is 1. The van der Waals surface area contributed by atoms with Gasteiger partial charge in [-0.05, 0) is 6.42 Å². The molecule has 1 atom stereocenters. The van der Waals surface area contributed by atoms with Crippen molar-refractivity contribution in [1.82, 2.24) is 0 Å². The number of carbonyl (C=O) groups is 1. The van der Waals surface area contributed by atoms with Crippen molar-refractivity contribution < 1.29 is 9.90 Å². The van der Waals surface area contributed by atoms with Gasteiger partial charge in [0.15, 0.2) is 10.8 Å². The number of Topliss-reactive ketones (excluding diaryl/α,β-unsaturated/α-hetero) is 1. The van der Waals surface area contributed by atoms with Crippen molar-refractivity contribution in [2.24, 2.45) is 10.9 Å². The molecule has 14 heavy (non-hydrogen) atoms. The molecule has 1 aromatic heterocycles. The minimum absolute atomic E-state index is 0.0894. The Balaban J connectivity index is 2.14. The number of aromatic hydroxyl groups is 1. The zero-order valence-electron chi connectivity index (χ0n) is 7.28. The van der Waals surface area contributed by atoms with Gasteiger partial charge >= 0.3 is 0 Å². The molecule has 5 heteroatoms. The first-order valence-corrected chi connectivity index (χ1v) is 5.26. The van der Waals surface area contributed by atoms with E-state index >= 15 is 0 Å². The molecule has 0 amide bonds. The number of nitrogens with zero attached hydrogens (tertiary/aromatic N) is 1. The number of rotatable bonds is 0. The maximum atomic E-state index is 11.9. The van der Waals surface area contributed by atoms with Gasteiger partial charge in [0.05, 0.1) is 11.5 Å². The van der Waals surface area contributed by atoms with Crippen molar-refractivity contribution in [1.29, 1.82) is 0 Å². The second-order valence-corrected chi connectivity index (χ2v) is 4.46. The fraction of sp³-hybridized carbons (Fsp3) is 0.333. The Morgan fingerprint density at radius 1 is 1.64 bits per heavy atom. The number of fused-ring (bicyclic) bond motifs is 2. The topological polar surface area (TPSA) is 61.7 Å². The summed E-state index contributed by atoms with van der Waals surface area (Å²) in [5.74, 6) is 0.757. The lowest BCUT2D eigenvalue weighted by atomic mass is 9.94. The van der Waals surface area contributed by atoms with Gasteiger partial charge < -0.3 is 10.4 Å². The molecule has 0 bridgehead atoms. The van der Waals surface area contributed by atoms with Gasteiger partial charge in [0.1, 0.15) is 10.8 Å². The molecule has 0 radical (unpaired) electrons. The predicted molar refractivity (Wildman–Crippen MR) is 54.3 cm³/mol. The van der Waals surface area contributed by atoms with E-state index in [0.29, 0.717) is 5.56 Å². The average molecular weight is 208 g/mol. The number of anilines is 1. The Morgan fingerprint density at radius 2 is 2.50 bits per heavy atom. The number of aliphatic imine (C=N–C) groups is 1. The molecule has 0 fully saturated rings. The van der Waals surface area contributed by atoms with Crippen LogP contribution in [-0.4, -0.2) is 23.3 Å². The predicted octanol–water partition coefficient (Wildman–Crippen LogP) is 1.48. The fourth-order valence-corrected chi connectivity index (χ4v) is 2.71. The first-order chi connectivity index (χ1) is 6.75. The summed E-state index contributed by atoms with van der Waals surface area (Å²) in [7, 11) is 0. The number of thiophene rings is 1. The van der Waals surface area contributed by atoms with Crippen molar-refractivity contribution >= 4 is 28.0 Å². The lowest BCUT2D eigenvalue weighted by Gasteiger charge is -2.19. The maximum absolute atomic E-state index is 11.9. The lowest BCUT2D eigenvalue weighted by molar-refractivity contribution is 0.0953. The van der Waals surface area contributed by atoms with Crippen LogP contribution >= 0.6 is 11.3 Å². The van der Waals surface area contributed by atoms with Gasteiger partial charge in [0.25, 0.3) is 0 Å². The van der Waals surface area contributed by atoms with Gasteiger partial charge in [-0.15, -0.1) is 0 Å². The fourth-order valence-electron chi connectivity index (χ4n) is 1.90. The summed E-state index contributed by atoms with van der Waals surface area (Å²) in [5.41, 5.74) is 0.610. The summed E-state index contributed by atoms with van der Waals surface area (Å²) < 4.78 is 0. The number of nitrogens with one attached hydrogen (secondary N) is 1. The Hall–Kier alpha value is -1.36. The summed E-state index contributed by atoms with van der Waals surface area (Å²) in [6.45, 7) is 0.722. The zero-order valence-corrected chi connectivity index (χ0v) is 8.10. The van der Waals surface area contributed by atoms with Crippen LogP contribution in [-0.2, 0) is 0 Å². The first kappa shape index (κ1) is 7.99. The maximum Gasteiger partial charge on any atom is 0.176 e. The van der Waals surface area contributed by atoms with Crippen molar-refractivity contribution in [3.05, 3.63) is 11.6 Å². The van der Waals surface area contributed by atoms with E-state index in [4.69, 9.17) is 0 Å². The number of carbonyl (C=O) groups excluding carboxylic acids is 1. The standard InChI is InChI=1S/C9H8N2O2S/c12-6-3-5-7(13)4-1-2-10-8(4)11-9(5)14-6/h3-4,12H,1-2H2,(H,10,11). The molecule has 1 unspecified atom stereocenters. The van der Waals surface area contributed by atoms with Gasteiger partial charge in [0.2, 0.25) is 0 Å². The van der Waals surface area contributed by atoms with E-state index in [-0.39, 0.29) is 16.8 Å². The quantitative estimate of drug-likeness (QED) is 0.678. The van der Waals surface area contributed by atoms with Gasteiger partial charge in [-0.2, -0.15) is 0 Å². The molecular formula is C9H8N2O2S. The Labute approximate surface area is 84.3 Å². The minimum atomic E-state index is -0.100. The van der Waals surface area contributed by atoms with E-state index in [2.05, 4.69) is 10.3 Å². The number of hydrogen-bond donors (Lipinski definition) is 2. The Kier molecular flexibility index (Phi) is 1.47. The molecular weight excluding hydrogens is 200 g/mol. The van der Waals surface area contributed by atoms with Crippen LogP contribution in [0.25, 0.3) is 0 Å². The minimum Gasteiger partial charge on any atom is -0.499 e. The zero-order chi connectivity index (χ0) is 9.71. The van der Waals surface area contributed by atoms with Crippen LogP contribution in [0.1, 0.15) is 16.8 Å². The number of amidine groups is 1. The smallest absolute Gasteiger partial charge is 0.176 e. The molecule has 2 N–H and O–H groups in total. The van der Waals surface area contributed by atoms with Crippen molar-refractivity contribution in [3.63, 3.8) is 0 Å². The van der Waals surface area contributed by atoms with E-state index in [9.17, 15) is 9.90 Å². The molecule has 2 aliphatic heterocycles. The van der Waals surface area contributed by atoms with E-state index in [1.807, 2.05) is 0 Å². The van der Waals surface area contributed by atoms with Crippen LogP contribution < -0.4 is 5.32 Å². The molecule has 1 aromatic rings. The summed E-state index contributed by atoms with van der Waals surface area (Å²) in [6, 6.07) is 1.53. The molecule has 3 rings (SSSR count). The lowest BCUT2D eigenvalue weighted by Crippen LogP contribution is -2.31. The highest BCUT2D eigenvalue weighted by molar-refractivity contribution is 7.18. The van der Waals surface area contributed by atoms with Gasteiger partial charge in [-0.3, -0.25) is 9.79 Å². The van der Waals surface area contributed by atoms with E-state index in [1.54, 1.807) is 0 Å². The molecule has 2 aliphatic rings. The Bertz CT molecular complexity index is 450. The van der Waals surface area contributed by atoms with Gasteiger partial charge in [-0.1, -0.05) is 11.3 Å². The van der Waals surface area contributed by atoms with Gasteiger partial charge in [-0.25, -0.2) is 0 Å². The summed E-state index contributed by atoms with van der Waals surface area (Å²) in [4.78, 5) is 16.1. The van der Waals surface area contributed by atoms with Crippen LogP contribution in [0.4, 0.5) is 5.00 Å².